The zero-order chi connectivity index (χ0) is 14.9. The molecule has 0 fully saturated rings. The number of alkyl halides is 3. The molecule has 1 heterocycles. The predicted molar refractivity (Wildman–Crippen MR) is 58.3 cm³/mol. The Morgan fingerprint density at radius 3 is 2.35 bits per heavy atom. The molecule has 1 aromatic heterocycles. The molecule has 0 spiro atoms. The number of aromatic nitrogens is 2. The molecule has 1 N–H and O–H groups in total. The van der Waals surface area contributed by atoms with E-state index in [4.69, 9.17) is 5.11 Å². The van der Waals surface area contributed by atoms with Gasteiger partial charge < -0.3 is 5.11 Å². The summed E-state index contributed by atoms with van der Waals surface area (Å²) in [5, 5.41) is 9.07. The third-order valence-corrected chi connectivity index (χ3v) is 2.48. The molecular weight excluding hydrogens is 283 g/mol. The van der Waals surface area contributed by atoms with Gasteiger partial charge in [-0.05, 0) is 18.2 Å². The highest BCUT2D eigenvalue weighted by atomic mass is 19.4. The Bertz CT molecular complexity index is 642. The van der Waals surface area contributed by atoms with E-state index in [1.54, 1.807) is 0 Å². The van der Waals surface area contributed by atoms with Crippen molar-refractivity contribution >= 4 is 0 Å². The normalized spacial score (nSPS) is 11.7. The van der Waals surface area contributed by atoms with Crippen molar-refractivity contribution in [1.29, 1.82) is 0 Å². The smallest absolute Gasteiger partial charge is 0.392 e. The van der Waals surface area contributed by atoms with Gasteiger partial charge in [0.25, 0.3) is 0 Å². The Balaban J connectivity index is 2.61. The molecule has 0 unspecified atom stereocenters. The summed E-state index contributed by atoms with van der Waals surface area (Å²) in [5.74, 6) is -3.78. The summed E-state index contributed by atoms with van der Waals surface area (Å²) >= 11 is 0. The molecule has 2 aromatic rings. The Morgan fingerprint density at radius 1 is 1.10 bits per heavy atom. The van der Waals surface area contributed by atoms with Crippen molar-refractivity contribution in [3.63, 3.8) is 0 Å². The van der Waals surface area contributed by atoms with Gasteiger partial charge in [-0.3, -0.25) is 0 Å². The molecule has 0 saturated heterocycles. The SMILES string of the molecule is OCc1cnc(C(F)(F)F)nc1-c1ccc(F)c(F)c1. The van der Waals surface area contributed by atoms with Gasteiger partial charge in [-0.15, -0.1) is 0 Å². The lowest BCUT2D eigenvalue weighted by molar-refractivity contribution is -0.144. The molecule has 8 heteroatoms. The van der Waals surface area contributed by atoms with E-state index in [1.807, 2.05) is 0 Å². The molecule has 0 atom stereocenters. The highest BCUT2D eigenvalue weighted by Gasteiger charge is 2.35. The van der Waals surface area contributed by atoms with Crippen molar-refractivity contribution in [2.24, 2.45) is 0 Å². The summed E-state index contributed by atoms with van der Waals surface area (Å²) in [7, 11) is 0. The van der Waals surface area contributed by atoms with Crippen molar-refractivity contribution in [2.75, 3.05) is 0 Å². The van der Waals surface area contributed by atoms with Gasteiger partial charge in [-0.1, -0.05) is 0 Å². The number of aliphatic hydroxyl groups excluding tert-OH is 1. The van der Waals surface area contributed by atoms with E-state index < -0.39 is 30.2 Å². The monoisotopic (exact) mass is 290 g/mol. The summed E-state index contributed by atoms with van der Waals surface area (Å²) in [5.41, 5.74) is -0.404. The van der Waals surface area contributed by atoms with E-state index in [0.717, 1.165) is 18.3 Å². The molecule has 3 nitrogen and oxygen atoms in total. The van der Waals surface area contributed by atoms with Crippen LogP contribution in [0.15, 0.2) is 24.4 Å². The summed E-state index contributed by atoms with van der Waals surface area (Å²) in [6, 6.07) is 2.54. The molecule has 0 aliphatic carbocycles. The Morgan fingerprint density at radius 2 is 1.80 bits per heavy atom. The third kappa shape index (κ3) is 2.74. The first-order chi connectivity index (χ1) is 9.32. The average Bonchev–Trinajstić information content (AvgIpc) is 2.40. The van der Waals surface area contributed by atoms with Crippen LogP contribution in [-0.2, 0) is 12.8 Å². The van der Waals surface area contributed by atoms with E-state index in [0.29, 0.717) is 6.07 Å². The van der Waals surface area contributed by atoms with Crippen LogP contribution >= 0.6 is 0 Å². The highest BCUT2D eigenvalue weighted by Crippen LogP contribution is 2.30. The number of benzene rings is 1. The van der Waals surface area contributed by atoms with Gasteiger partial charge in [0.15, 0.2) is 11.6 Å². The van der Waals surface area contributed by atoms with Crippen molar-refractivity contribution in [2.45, 2.75) is 12.8 Å². The lowest BCUT2D eigenvalue weighted by Crippen LogP contribution is -2.12. The lowest BCUT2D eigenvalue weighted by atomic mass is 10.1. The quantitative estimate of drug-likeness (QED) is 0.865. The highest BCUT2D eigenvalue weighted by molar-refractivity contribution is 5.62. The Kier molecular flexibility index (Phi) is 3.67. The van der Waals surface area contributed by atoms with Gasteiger partial charge in [-0.25, -0.2) is 18.7 Å². The van der Waals surface area contributed by atoms with E-state index in [-0.39, 0.29) is 16.8 Å². The van der Waals surface area contributed by atoms with Crippen LogP contribution in [0.25, 0.3) is 11.3 Å². The second-order valence-corrected chi connectivity index (χ2v) is 3.85. The van der Waals surface area contributed by atoms with Crippen molar-refractivity contribution in [1.82, 2.24) is 9.97 Å². The second kappa shape index (κ2) is 5.12. The molecule has 1 aromatic carbocycles. The van der Waals surface area contributed by atoms with Crippen LogP contribution in [0, 0.1) is 11.6 Å². The third-order valence-electron chi connectivity index (χ3n) is 2.48. The molecule has 106 valence electrons. The summed E-state index contributed by atoms with van der Waals surface area (Å²) in [6.45, 7) is -0.632. The molecule has 0 bridgehead atoms. The molecule has 20 heavy (non-hydrogen) atoms. The number of halogens is 5. The van der Waals surface area contributed by atoms with E-state index >= 15 is 0 Å². The van der Waals surface area contributed by atoms with Crippen LogP contribution in [-0.4, -0.2) is 15.1 Å². The lowest BCUT2D eigenvalue weighted by Gasteiger charge is -2.10. The van der Waals surface area contributed by atoms with E-state index in [2.05, 4.69) is 9.97 Å². The number of aliphatic hydroxyl groups is 1. The van der Waals surface area contributed by atoms with Gasteiger partial charge in [0, 0.05) is 17.3 Å². The maximum absolute atomic E-state index is 13.1. The van der Waals surface area contributed by atoms with E-state index in [9.17, 15) is 22.0 Å². The molecule has 0 aliphatic heterocycles. The van der Waals surface area contributed by atoms with Gasteiger partial charge in [0.05, 0.1) is 12.3 Å². The first-order valence-electron chi connectivity index (χ1n) is 5.32. The summed E-state index contributed by atoms with van der Waals surface area (Å²) in [6.07, 6.45) is -3.98. The van der Waals surface area contributed by atoms with Gasteiger partial charge >= 0.3 is 6.18 Å². The zero-order valence-corrected chi connectivity index (χ0v) is 9.75. The topological polar surface area (TPSA) is 46.0 Å². The minimum absolute atomic E-state index is 0.0241. The van der Waals surface area contributed by atoms with Crippen LogP contribution in [0.5, 0.6) is 0 Å². The number of hydrogen-bond donors (Lipinski definition) is 1. The van der Waals surface area contributed by atoms with Gasteiger partial charge in [0.1, 0.15) is 0 Å². The minimum Gasteiger partial charge on any atom is -0.392 e. The average molecular weight is 290 g/mol. The van der Waals surface area contributed by atoms with Crippen molar-refractivity contribution in [3.8, 4) is 11.3 Å². The summed E-state index contributed by atoms with van der Waals surface area (Å²) < 4.78 is 63.6. The van der Waals surface area contributed by atoms with Crippen LogP contribution in [0.3, 0.4) is 0 Å². The molecule has 0 saturated carbocycles. The van der Waals surface area contributed by atoms with Crippen LogP contribution in [0.4, 0.5) is 22.0 Å². The fourth-order valence-electron chi connectivity index (χ4n) is 1.55. The molecular formula is C12H7F5N2O. The zero-order valence-electron chi connectivity index (χ0n) is 9.75. The maximum Gasteiger partial charge on any atom is 0.451 e. The summed E-state index contributed by atoms with van der Waals surface area (Å²) in [4.78, 5) is 6.35. The predicted octanol–water partition coefficient (Wildman–Crippen LogP) is 2.93. The molecule has 2 rings (SSSR count). The number of nitrogens with zero attached hydrogens (tertiary/aromatic N) is 2. The van der Waals surface area contributed by atoms with Gasteiger partial charge in [0.2, 0.25) is 5.82 Å². The van der Waals surface area contributed by atoms with Crippen LogP contribution in [0.1, 0.15) is 11.4 Å². The second-order valence-electron chi connectivity index (χ2n) is 3.85. The number of rotatable bonds is 2. The van der Waals surface area contributed by atoms with Gasteiger partial charge in [-0.2, -0.15) is 13.2 Å². The van der Waals surface area contributed by atoms with Crippen LogP contribution in [0.2, 0.25) is 0 Å². The Hall–Kier alpha value is -2.09. The molecule has 0 amide bonds. The van der Waals surface area contributed by atoms with Crippen LogP contribution < -0.4 is 0 Å². The maximum atomic E-state index is 13.1. The fourth-order valence-corrected chi connectivity index (χ4v) is 1.55. The van der Waals surface area contributed by atoms with Crippen molar-refractivity contribution < 1.29 is 27.1 Å². The first-order valence-corrected chi connectivity index (χ1v) is 5.32. The fraction of sp³-hybridized carbons (Fsp3) is 0.167. The van der Waals surface area contributed by atoms with Crippen molar-refractivity contribution in [3.05, 3.63) is 47.4 Å². The number of hydrogen-bond acceptors (Lipinski definition) is 3. The molecule has 0 aliphatic rings. The Labute approximate surface area is 109 Å². The first kappa shape index (κ1) is 14.3. The standard InChI is InChI=1S/C12H7F5N2O/c13-8-2-1-6(3-9(8)14)10-7(5-20)4-18-11(19-10)12(15,16)17/h1-4,20H,5H2. The van der Waals surface area contributed by atoms with E-state index in [1.165, 1.54) is 0 Å². The molecule has 0 radical (unpaired) electrons. The minimum atomic E-state index is -4.78. The largest absolute Gasteiger partial charge is 0.451 e.